The van der Waals surface area contributed by atoms with E-state index in [1.807, 2.05) is 98.8 Å². The quantitative estimate of drug-likeness (QED) is 0.292. The molecule has 3 aromatic carbocycles. The normalized spacial score (nSPS) is 14.9. The van der Waals surface area contributed by atoms with Gasteiger partial charge in [0, 0.05) is 12.1 Å². The Bertz CT molecular complexity index is 919. The Kier molecular flexibility index (Phi) is 9.91. The fraction of sp³-hybridized carbons (Fsp3) is 0.357. The van der Waals surface area contributed by atoms with Crippen molar-refractivity contribution in [3.05, 3.63) is 102 Å². The van der Waals surface area contributed by atoms with Crippen molar-refractivity contribution >= 4 is 0 Å². The van der Waals surface area contributed by atoms with Gasteiger partial charge in [0.2, 0.25) is 0 Å². The second kappa shape index (κ2) is 13.1. The van der Waals surface area contributed by atoms with E-state index >= 15 is 0 Å². The topological polar surface area (TPSA) is 73.8 Å². The van der Waals surface area contributed by atoms with Gasteiger partial charge in [0.05, 0.1) is 12.2 Å². The summed E-state index contributed by atoms with van der Waals surface area (Å²) in [6, 6.07) is 27.3. The van der Waals surface area contributed by atoms with Crippen LogP contribution in [0.4, 0.5) is 0 Å². The number of hydrogen-bond donors (Lipinski definition) is 4. The third-order valence-electron chi connectivity index (χ3n) is 5.84. The molecule has 0 fully saturated rings. The van der Waals surface area contributed by atoms with Crippen molar-refractivity contribution in [2.24, 2.45) is 0 Å². The summed E-state index contributed by atoms with van der Waals surface area (Å²) in [5.74, 6) is 0.785. The van der Waals surface area contributed by atoms with Gasteiger partial charge in [-0.15, -0.1) is 0 Å². The van der Waals surface area contributed by atoms with E-state index < -0.39 is 12.2 Å². The first-order valence-corrected chi connectivity index (χ1v) is 11.7. The lowest BCUT2D eigenvalue weighted by Gasteiger charge is -2.22. The molecule has 0 saturated carbocycles. The van der Waals surface area contributed by atoms with Crippen molar-refractivity contribution in [3.8, 4) is 5.75 Å². The standard InChI is InChI=1S/C28H36N2O3/c1-21(27(31)24-12-7-4-8-13-24)29-18-9-19-30-22(2)28(32)25-14-16-26(17-15-25)33-20-23-10-5-3-6-11-23/h3-8,10-17,21-22,27-32H,9,18-20H2,1-2H3. The summed E-state index contributed by atoms with van der Waals surface area (Å²) in [5, 5.41) is 27.9. The van der Waals surface area contributed by atoms with Crippen LogP contribution < -0.4 is 15.4 Å². The first-order chi connectivity index (χ1) is 16.0. The van der Waals surface area contributed by atoms with E-state index in [-0.39, 0.29) is 12.1 Å². The van der Waals surface area contributed by atoms with Crippen LogP contribution >= 0.6 is 0 Å². The van der Waals surface area contributed by atoms with Crippen molar-refractivity contribution in [1.29, 1.82) is 0 Å². The largest absolute Gasteiger partial charge is 0.489 e. The number of rotatable bonds is 13. The fourth-order valence-electron chi connectivity index (χ4n) is 3.70. The molecule has 0 radical (unpaired) electrons. The van der Waals surface area contributed by atoms with Crippen LogP contribution in [0.2, 0.25) is 0 Å². The number of ether oxygens (including phenoxy) is 1. The molecule has 0 spiro atoms. The molecular formula is C28H36N2O3. The SMILES string of the molecule is CC(NCCCNC(C)C(O)c1ccc(OCc2ccccc2)cc1)C(O)c1ccccc1. The minimum Gasteiger partial charge on any atom is -0.489 e. The van der Waals surface area contributed by atoms with E-state index in [1.165, 1.54) is 0 Å². The molecule has 0 aromatic heterocycles. The Labute approximate surface area is 197 Å². The molecule has 0 heterocycles. The van der Waals surface area contributed by atoms with Crippen LogP contribution in [0.3, 0.4) is 0 Å². The van der Waals surface area contributed by atoms with Crippen molar-refractivity contribution in [1.82, 2.24) is 10.6 Å². The molecule has 4 unspecified atom stereocenters. The van der Waals surface area contributed by atoms with Crippen LogP contribution in [0.15, 0.2) is 84.9 Å². The van der Waals surface area contributed by atoms with E-state index in [4.69, 9.17) is 4.74 Å². The highest BCUT2D eigenvalue weighted by Crippen LogP contribution is 2.21. The van der Waals surface area contributed by atoms with Crippen LogP contribution in [0.1, 0.15) is 49.2 Å². The van der Waals surface area contributed by atoms with Gasteiger partial charge in [-0.1, -0.05) is 72.8 Å². The predicted octanol–water partition coefficient (Wildman–Crippen LogP) is 4.38. The third-order valence-corrected chi connectivity index (χ3v) is 5.84. The van der Waals surface area contributed by atoms with E-state index in [2.05, 4.69) is 10.6 Å². The van der Waals surface area contributed by atoms with Gasteiger partial charge >= 0.3 is 0 Å². The van der Waals surface area contributed by atoms with Crippen LogP contribution in [0.25, 0.3) is 0 Å². The highest BCUT2D eigenvalue weighted by Gasteiger charge is 2.17. The summed E-state index contributed by atoms with van der Waals surface area (Å²) in [4.78, 5) is 0. The molecule has 3 rings (SSSR count). The summed E-state index contributed by atoms with van der Waals surface area (Å²) in [5.41, 5.74) is 2.90. The van der Waals surface area contributed by atoms with E-state index in [1.54, 1.807) is 0 Å². The van der Waals surface area contributed by atoms with Crippen molar-refractivity contribution in [2.45, 2.75) is 51.2 Å². The Hall–Kier alpha value is -2.70. The van der Waals surface area contributed by atoms with Crippen LogP contribution in [-0.4, -0.2) is 35.4 Å². The molecule has 0 amide bonds. The van der Waals surface area contributed by atoms with Crippen molar-refractivity contribution in [3.63, 3.8) is 0 Å². The van der Waals surface area contributed by atoms with Gasteiger partial charge in [-0.05, 0) is 62.2 Å². The van der Waals surface area contributed by atoms with Crippen LogP contribution in [-0.2, 0) is 6.61 Å². The van der Waals surface area contributed by atoms with Gasteiger partial charge in [-0.3, -0.25) is 0 Å². The summed E-state index contributed by atoms with van der Waals surface area (Å²) < 4.78 is 5.82. The molecule has 0 saturated heterocycles. The molecule has 5 nitrogen and oxygen atoms in total. The average molecular weight is 449 g/mol. The van der Waals surface area contributed by atoms with Gasteiger partial charge in [0.15, 0.2) is 0 Å². The monoisotopic (exact) mass is 448 g/mol. The second-order valence-electron chi connectivity index (χ2n) is 8.48. The maximum Gasteiger partial charge on any atom is 0.119 e. The van der Waals surface area contributed by atoms with Crippen LogP contribution in [0.5, 0.6) is 5.75 Å². The summed E-state index contributed by atoms with van der Waals surface area (Å²) in [6.07, 6.45) is -0.227. The maximum atomic E-state index is 10.7. The third kappa shape index (κ3) is 7.98. The Balaban J connectivity index is 1.34. The number of benzene rings is 3. The molecule has 176 valence electrons. The fourth-order valence-corrected chi connectivity index (χ4v) is 3.70. The minimum absolute atomic E-state index is 0.0296. The number of nitrogens with one attached hydrogen (secondary N) is 2. The molecule has 4 N–H and O–H groups in total. The molecule has 0 aliphatic heterocycles. The zero-order valence-corrected chi connectivity index (χ0v) is 19.5. The first-order valence-electron chi connectivity index (χ1n) is 11.7. The van der Waals surface area contributed by atoms with Gasteiger partial charge < -0.3 is 25.6 Å². The van der Waals surface area contributed by atoms with Gasteiger partial charge in [-0.25, -0.2) is 0 Å². The zero-order chi connectivity index (χ0) is 23.5. The number of hydrogen-bond acceptors (Lipinski definition) is 5. The number of aliphatic hydroxyl groups excluding tert-OH is 2. The van der Waals surface area contributed by atoms with E-state index in [0.717, 1.165) is 42.0 Å². The molecule has 0 aliphatic rings. The van der Waals surface area contributed by atoms with Gasteiger partial charge in [0.1, 0.15) is 12.4 Å². The van der Waals surface area contributed by atoms with E-state index in [0.29, 0.717) is 6.61 Å². The highest BCUT2D eigenvalue weighted by atomic mass is 16.5. The van der Waals surface area contributed by atoms with Crippen molar-refractivity contribution in [2.75, 3.05) is 13.1 Å². The second-order valence-corrected chi connectivity index (χ2v) is 8.48. The first kappa shape index (κ1) is 24.9. The van der Waals surface area contributed by atoms with Crippen LogP contribution in [0, 0.1) is 0 Å². The maximum absolute atomic E-state index is 10.7. The number of aliphatic hydroxyl groups is 2. The molecular weight excluding hydrogens is 412 g/mol. The van der Waals surface area contributed by atoms with Gasteiger partial charge in [-0.2, -0.15) is 0 Å². The molecule has 33 heavy (non-hydrogen) atoms. The lowest BCUT2D eigenvalue weighted by molar-refractivity contribution is 0.132. The predicted molar refractivity (Wildman–Crippen MR) is 133 cm³/mol. The Morgan fingerprint density at radius 2 is 1.15 bits per heavy atom. The Morgan fingerprint density at radius 1 is 0.667 bits per heavy atom. The summed E-state index contributed by atoms with van der Waals surface area (Å²) >= 11 is 0. The highest BCUT2D eigenvalue weighted by molar-refractivity contribution is 5.29. The lowest BCUT2D eigenvalue weighted by Crippen LogP contribution is -2.36. The minimum atomic E-state index is -0.597. The molecule has 4 atom stereocenters. The van der Waals surface area contributed by atoms with E-state index in [9.17, 15) is 10.2 Å². The summed E-state index contributed by atoms with van der Waals surface area (Å²) in [7, 11) is 0. The smallest absolute Gasteiger partial charge is 0.119 e. The summed E-state index contributed by atoms with van der Waals surface area (Å²) in [6.45, 7) is 6.06. The molecule has 3 aromatic rings. The Morgan fingerprint density at radius 3 is 1.70 bits per heavy atom. The lowest BCUT2D eigenvalue weighted by atomic mass is 10.0. The molecule has 0 bridgehead atoms. The van der Waals surface area contributed by atoms with Gasteiger partial charge in [0.25, 0.3) is 0 Å². The molecule has 5 heteroatoms. The zero-order valence-electron chi connectivity index (χ0n) is 19.5. The average Bonchev–Trinajstić information content (AvgIpc) is 2.87. The molecule has 0 aliphatic carbocycles. The van der Waals surface area contributed by atoms with Crippen molar-refractivity contribution < 1.29 is 14.9 Å².